The summed E-state index contributed by atoms with van der Waals surface area (Å²) in [7, 11) is 0. The lowest BCUT2D eigenvalue weighted by atomic mass is 10.1. The molecule has 27 heavy (non-hydrogen) atoms. The molecule has 3 heterocycles. The van der Waals surface area contributed by atoms with Crippen LogP contribution in [0.3, 0.4) is 0 Å². The molecule has 0 spiro atoms. The Morgan fingerprint density at radius 3 is 2.67 bits per heavy atom. The summed E-state index contributed by atoms with van der Waals surface area (Å²) in [6.07, 6.45) is -2.10. The lowest BCUT2D eigenvalue weighted by Gasteiger charge is -2.15. The summed E-state index contributed by atoms with van der Waals surface area (Å²) in [5, 5.41) is 29.0. The normalized spacial score (nSPS) is 26.5. The number of hydrogen-bond donors (Lipinski definition) is 5. The van der Waals surface area contributed by atoms with Crippen molar-refractivity contribution in [2.45, 2.75) is 44.2 Å². The number of nitrogen functional groups attached to an aromatic ring is 1. The second kappa shape index (κ2) is 5.90. The molecule has 1 saturated heterocycles. The monoisotopic (exact) mass is 381 g/mol. The Labute approximate surface area is 150 Å². The molecule has 12 heteroatoms. The first kappa shape index (κ1) is 17.7. The van der Waals surface area contributed by atoms with Crippen molar-refractivity contribution in [2.24, 2.45) is 5.41 Å². The van der Waals surface area contributed by atoms with Gasteiger partial charge >= 0.3 is 11.7 Å². The van der Waals surface area contributed by atoms with E-state index in [1.54, 1.807) is 0 Å². The number of aliphatic hydroxyl groups excluding tert-OH is 2. The number of H-pyrrole nitrogens is 1. The summed E-state index contributed by atoms with van der Waals surface area (Å²) in [5.74, 6) is -1.28. The van der Waals surface area contributed by atoms with Gasteiger partial charge in [0.15, 0.2) is 17.4 Å². The van der Waals surface area contributed by atoms with Crippen molar-refractivity contribution in [3.63, 3.8) is 0 Å². The molecule has 0 amide bonds. The maximum Gasteiger partial charge on any atom is 0.332 e. The fourth-order valence-corrected chi connectivity index (χ4v) is 3.55. The molecule has 2 fully saturated rings. The second-order valence-electron chi connectivity index (χ2n) is 7.08. The summed E-state index contributed by atoms with van der Waals surface area (Å²) in [6, 6.07) is 0. The molecule has 3 atom stereocenters. The molecule has 1 aliphatic carbocycles. The summed E-state index contributed by atoms with van der Waals surface area (Å²) in [5.41, 5.74) is 2.82. The van der Waals surface area contributed by atoms with E-state index in [1.165, 1.54) is 0 Å². The van der Waals surface area contributed by atoms with Crippen LogP contribution in [0, 0.1) is 5.41 Å². The maximum atomic E-state index is 13.1. The first-order chi connectivity index (χ1) is 12.8. The van der Waals surface area contributed by atoms with Crippen molar-refractivity contribution >= 4 is 23.1 Å². The molecule has 1 aliphatic heterocycles. The van der Waals surface area contributed by atoms with Crippen molar-refractivity contribution < 1.29 is 24.9 Å². The number of imidazole rings is 1. The van der Waals surface area contributed by atoms with Crippen LogP contribution in [0.5, 0.6) is 0 Å². The van der Waals surface area contributed by atoms with Crippen LogP contribution in [0.1, 0.15) is 25.5 Å². The lowest BCUT2D eigenvalue weighted by Crippen LogP contribution is -2.34. The third-order valence-corrected chi connectivity index (χ3v) is 5.22. The van der Waals surface area contributed by atoms with E-state index in [4.69, 9.17) is 10.5 Å². The van der Waals surface area contributed by atoms with Gasteiger partial charge in [-0.25, -0.2) is 9.36 Å². The van der Waals surface area contributed by atoms with Gasteiger partial charge in [-0.2, -0.15) is 4.98 Å². The van der Waals surface area contributed by atoms with Crippen molar-refractivity contribution in [2.75, 3.05) is 12.3 Å². The Balaban J connectivity index is 1.92. The van der Waals surface area contributed by atoms with Crippen LogP contribution in [-0.4, -0.2) is 59.2 Å². The van der Waals surface area contributed by atoms with E-state index in [9.17, 15) is 29.7 Å². The number of nitrogens with one attached hydrogen (secondary N) is 1. The van der Waals surface area contributed by atoms with Crippen LogP contribution >= 0.6 is 0 Å². The number of carbonyl (C=O) groups is 1. The highest BCUT2D eigenvalue weighted by atomic mass is 16.5. The molecule has 0 unspecified atom stereocenters. The van der Waals surface area contributed by atoms with E-state index in [0.29, 0.717) is 12.8 Å². The van der Waals surface area contributed by atoms with Gasteiger partial charge in [0, 0.05) is 13.0 Å². The third kappa shape index (κ3) is 2.64. The number of nitrogens with zero attached hydrogens (tertiary/aromatic N) is 3. The van der Waals surface area contributed by atoms with E-state index in [2.05, 4.69) is 9.97 Å². The molecule has 146 valence electrons. The van der Waals surface area contributed by atoms with Gasteiger partial charge in [0.1, 0.15) is 6.10 Å². The minimum atomic E-state index is -1.17. The average molecular weight is 381 g/mol. The van der Waals surface area contributed by atoms with Gasteiger partial charge in [0.25, 0.3) is 5.56 Å². The van der Waals surface area contributed by atoms with Gasteiger partial charge in [-0.3, -0.25) is 19.1 Å². The van der Waals surface area contributed by atoms with E-state index in [0.717, 1.165) is 9.13 Å². The average Bonchev–Trinajstić information content (AvgIpc) is 3.23. The zero-order valence-corrected chi connectivity index (χ0v) is 14.2. The zero-order chi connectivity index (χ0) is 19.5. The van der Waals surface area contributed by atoms with Crippen LogP contribution in [0.2, 0.25) is 0 Å². The minimum Gasteiger partial charge on any atom is -0.481 e. The quantitative estimate of drug-likeness (QED) is 0.389. The minimum absolute atomic E-state index is 0.0953. The van der Waals surface area contributed by atoms with E-state index in [-0.39, 0.29) is 36.7 Å². The predicted molar refractivity (Wildman–Crippen MR) is 89.9 cm³/mol. The van der Waals surface area contributed by atoms with E-state index >= 15 is 0 Å². The van der Waals surface area contributed by atoms with E-state index in [1.807, 2.05) is 0 Å². The molecule has 2 aromatic heterocycles. The predicted octanol–water partition coefficient (Wildman–Crippen LogP) is -2.03. The van der Waals surface area contributed by atoms with Gasteiger partial charge in [-0.05, 0) is 12.8 Å². The van der Waals surface area contributed by atoms with Crippen molar-refractivity contribution in [1.29, 1.82) is 0 Å². The first-order valence-electron chi connectivity index (χ1n) is 8.46. The number of aliphatic carboxylic acids is 1. The molecule has 12 nitrogen and oxygen atoms in total. The second-order valence-corrected chi connectivity index (χ2v) is 7.08. The number of rotatable bonds is 5. The SMILES string of the molecule is Nc1nc2c(c(=O)[nH]1)n(CC1(C(=O)O)CC1)c(=O)n2[C@@H]1O[C@H](CO)C[C@H]1O. The number of hydrogen-bond acceptors (Lipinski definition) is 8. The Hall–Kier alpha value is -2.70. The highest BCUT2D eigenvalue weighted by molar-refractivity contribution is 5.78. The fourth-order valence-electron chi connectivity index (χ4n) is 3.55. The van der Waals surface area contributed by atoms with Crippen molar-refractivity contribution in [3.05, 3.63) is 20.8 Å². The molecule has 1 saturated carbocycles. The molecular weight excluding hydrogens is 362 g/mol. The summed E-state index contributed by atoms with van der Waals surface area (Å²) >= 11 is 0. The van der Waals surface area contributed by atoms with Crippen LogP contribution < -0.4 is 17.0 Å². The molecule has 2 aromatic rings. The molecule has 6 N–H and O–H groups in total. The number of carboxylic acid groups (broad SMARTS) is 1. The number of aromatic amines is 1. The van der Waals surface area contributed by atoms with Crippen LogP contribution in [-0.2, 0) is 16.1 Å². The van der Waals surface area contributed by atoms with E-state index < -0.39 is 41.1 Å². The topological polar surface area (TPSA) is 186 Å². The lowest BCUT2D eigenvalue weighted by molar-refractivity contribution is -0.143. The fraction of sp³-hybridized carbons (Fsp3) is 0.600. The maximum absolute atomic E-state index is 13.1. The van der Waals surface area contributed by atoms with Gasteiger partial charge in [0.2, 0.25) is 5.95 Å². The largest absolute Gasteiger partial charge is 0.481 e. The standard InChI is InChI=1S/C15H19N5O7/c16-13-17-9-8(10(23)18-13)19(5-15(1-2-15)12(24)25)14(26)20(9)11-7(22)3-6(4-21)27-11/h6-7,11,21-22H,1-5H2,(H,24,25)(H3,16,17,18,23)/t6-,7+,11+/m0/s1. The number of anilines is 1. The van der Waals surface area contributed by atoms with Gasteiger partial charge in [-0.1, -0.05) is 0 Å². The van der Waals surface area contributed by atoms with Crippen LogP contribution in [0.4, 0.5) is 5.95 Å². The van der Waals surface area contributed by atoms with Crippen molar-refractivity contribution in [3.8, 4) is 0 Å². The van der Waals surface area contributed by atoms with Gasteiger partial charge in [0.05, 0.1) is 18.1 Å². The van der Waals surface area contributed by atoms with Crippen molar-refractivity contribution in [1.82, 2.24) is 19.1 Å². The summed E-state index contributed by atoms with van der Waals surface area (Å²) in [6.45, 7) is -0.551. The number of aromatic nitrogens is 4. The van der Waals surface area contributed by atoms with Gasteiger partial charge < -0.3 is 25.8 Å². The number of fused-ring (bicyclic) bond motifs is 1. The first-order valence-corrected chi connectivity index (χ1v) is 8.46. The number of ether oxygens (including phenoxy) is 1. The highest BCUT2D eigenvalue weighted by Gasteiger charge is 2.51. The zero-order valence-electron chi connectivity index (χ0n) is 14.2. The van der Waals surface area contributed by atoms with Crippen LogP contribution in [0.25, 0.3) is 11.2 Å². The van der Waals surface area contributed by atoms with Crippen LogP contribution in [0.15, 0.2) is 9.59 Å². The number of aliphatic hydroxyl groups is 2. The molecule has 4 rings (SSSR count). The van der Waals surface area contributed by atoms with Gasteiger partial charge in [-0.15, -0.1) is 0 Å². The molecule has 2 aliphatic rings. The molecule has 0 bridgehead atoms. The Morgan fingerprint density at radius 1 is 1.41 bits per heavy atom. The number of carboxylic acids is 1. The smallest absolute Gasteiger partial charge is 0.332 e. The summed E-state index contributed by atoms with van der Waals surface area (Å²) < 4.78 is 7.57. The Morgan fingerprint density at radius 2 is 2.11 bits per heavy atom. The molecule has 0 radical (unpaired) electrons. The Bertz CT molecular complexity index is 1030. The highest BCUT2D eigenvalue weighted by Crippen LogP contribution is 2.47. The molecular formula is C15H19N5O7. The number of nitrogens with two attached hydrogens (primary N) is 1. The Kier molecular flexibility index (Phi) is 3.87. The summed E-state index contributed by atoms with van der Waals surface area (Å²) in [4.78, 5) is 43.3. The third-order valence-electron chi connectivity index (χ3n) is 5.22. The molecule has 0 aromatic carbocycles.